The van der Waals surface area contributed by atoms with E-state index in [4.69, 9.17) is 16.9 Å². The van der Waals surface area contributed by atoms with Crippen LogP contribution in [0.1, 0.15) is 20.3 Å². The molecule has 0 amide bonds. The summed E-state index contributed by atoms with van der Waals surface area (Å²) < 4.78 is 0. The number of pyridine rings is 1. The van der Waals surface area contributed by atoms with Crippen molar-refractivity contribution in [3.63, 3.8) is 0 Å². The predicted octanol–water partition coefficient (Wildman–Crippen LogP) is 2.86. The molecule has 0 saturated carbocycles. The summed E-state index contributed by atoms with van der Waals surface area (Å²) in [4.78, 5) is 6.32. The van der Waals surface area contributed by atoms with Gasteiger partial charge >= 0.3 is 0 Å². The van der Waals surface area contributed by atoms with E-state index in [0.717, 1.165) is 5.82 Å². The highest BCUT2D eigenvalue weighted by Gasteiger charge is 2.10. The summed E-state index contributed by atoms with van der Waals surface area (Å²) >= 11 is 5.77. The topological polar surface area (TPSA) is 39.9 Å². The van der Waals surface area contributed by atoms with E-state index in [-0.39, 0.29) is 0 Å². The van der Waals surface area contributed by atoms with Crippen molar-refractivity contribution in [3.05, 3.63) is 23.4 Å². The van der Waals surface area contributed by atoms with Crippen LogP contribution >= 0.6 is 11.6 Å². The minimum absolute atomic E-state index is 0.326. The second-order valence-electron chi connectivity index (χ2n) is 3.53. The lowest BCUT2D eigenvalue weighted by molar-refractivity contribution is 0.677. The van der Waals surface area contributed by atoms with E-state index in [9.17, 15) is 0 Å². The molecule has 0 fully saturated rings. The molecular formula is C11H14ClN3. The van der Waals surface area contributed by atoms with Crippen LogP contribution in [0.4, 0.5) is 5.82 Å². The number of anilines is 1. The molecule has 1 heterocycles. The minimum Gasteiger partial charge on any atom is -0.353 e. The monoisotopic (exact) mass is 223 g/mol. The molecule has 1 rings (SSSR count). The number of rotatable bonds is 4. The van der Waals surface area contributed by atoms with Crippen LogP contribution in [0.3, 0.4) is 0 Å². The number of halogens is 1. The fourth-order valence-electron chi connectivity index (χ4n) is 1.35. The van der Waals surface area contributed by atoms with E-state index in [0.29, 0.717) is 24.0 Å². The molecule has 0 aliphatic rings. The van der Waals surface area contributed by atoms with Gasteiger partial charge in [-0.3, -0.25) is 0 Å². The van der Waals surface area contributed by atoms with Gasteiger partial charge in [0.05, 0.1) is 17.5 Å². The highest BCUT2D eigenvalue weighted by Crippen LogP contribution is 2.16. The van der Waals surface area contributed by atoms with Gasteiger partial charge in [0.2, 0.25) is 0 Å². The predicted molar refractivity (Wildman–Crippen MR) is 62.0 cm³/mol. The summed E-state index contributed by atoms with van der Waals surface area (Å²) in [6.07, 6.45) is 2.13. The summed E-state index contributed by atoms with van der Waals surface area (Å²) in [5, 5.41) is 9.20. The molecule has 0 spiro atoms. The zero-order chi connectivity index (χ0) is 11.3. The van der Waals surface area contributed by atoms with E-state index < -0.39 is 0 Å². The smallest absolute Gasteiger partial charge is 0.128 e. The van der Waals surface area contributed by atoms with Crippen molar-refractivity contribution < 1.29 is 0 Å². The van der Waals surface area contributed by atoms with Gasteiger partial charge in [0, 0.05) is 18.8 Å². The fourth-order valence-corrected chi connectivity index (χ4v) is 1.46. The Morgan fingerprint density at radius 2 is 2.27 bits per heavy atom. The normalized spacial score (nSPS) is 10.1. The van der Waals surface area contributed by atoms with Gasteiger partial charge in [0.1, 0.15) is 5.82 Å². The number of nitrogens with zero attached hydrogens (tertiary/aromatic N) is 3. The molecule has 0 atom stereocenters. The largest absolute Gasteiger partial charge is 0.353 e. The van der Waals surface area contributed by atoms with E-state index in [1.807, 2.05) is 12.1 Å². The lowest BCUT2D eigenvalue weighted by atomic mass is 10.3. The lowest BCUT2D eigenvalue weighted by Gasteiger charge is -2.26. The zero-order valence-electron chi connectivity index (χ0n) is 8.94. The van der Waals surface area contributed by atoms with Crippen molar-refractivity contribution in [3.8, 4) is 6.07 Å². The number of nitriles is 1. The second kappa shape index (κ2) is 5.57. The van der Waals surface area contributed by atoms with E-state index in [1.54, 1.807) is 6.20 Å². The third kappa shape index (κ3) is 3.41. The van der Waals surface area contributed by atoms with Gasteiger partial charge in [0.25, 0.3) is 0 Å². The highest BCUT2D eigenvalue weighted by molar-refractivity contribution is 6.30. The molecule has 4 heteroatoms. The zero-order valence-corrected chi connectivity index (χ0v) is 9.70. The van der Waals surface area contributed by atoms with E-state index in [2.05, 4.69) is 29.8 Å². The Morgan fingerprint density at radius 1 is 1.53 bits per heavy atom. The Labute approximate surface area is 95.3 Å². The maximum absolute atomic E-state index is 8.57. The van der Waals surface area contributed by atoms with Crippen molar-refractivity contribution in [1.82, 2.24) is 4.98 Å². The van der Waals surface area contributed by atoms with Crippen LogP contribution in [-0.2, 0) is 0 Å². The van der Waals surface area contributed by atoms with Crippen LogP contribution in [-0.4, -0.2) is 17.6 Å². The number of aromatic nitrogens is 1. The molecule has 0 N–H and O–H groups in total. The Hall–Kier alpha value is -1.27. The Kier molecular flexibility index (Phi) is 4.38. The highest BCUT2D eigenvalue weighted by atomic mass is 35.5. The van der Waals surface area contributed by atoms with Gasteiger partial charge in [0.15, 0.2) is 0 Å². The molecule has 15 heavy (non-hydrogen) atoms. The van der Waals surface area contributed by atoms with Crippen LogP contribution < -0.4 is 4.90 Å². The van der Waals surface area contributed by atoms with E-state index >= 15 is 0 Å². The Bertz CT molecular complexity index is 340. The average Bonchev–Trinajstić information content (AvgIpc) is 2.21. The SMILES string of the molecule is CC(C)N(CCC#N)c1ccc(Cl)cn1. The van der Waals surface area contributed by atoms with Gasteiger partial charge in [-0.05, 0) is 26.0 Å². The van der Waals surface area contributed by atoms with Gasteiger partial charge in [-0.15, -0.1) is 0 Å². The van der Waals surface area contributed by atoms with Crippen LogP contribution in [0.2, 0.25) is 5.02 Å². The molecule has 0 unspecified atom stereocenters. The fraction of sp³-hybridized carbons (Fsp3) is 0.455. The van der Waals surface area contributed by atoms with Crippen LogP contribution in [0, 0.1) is 11.3 Å². The van der Waals surface area contributed by atoms with Gasteiger partial charge in [-0.1, -0.05) is 11.6 Å². The molecule has 1 aromatic rings. The molecule has 3 nitrogen and oxygen atoms in total. The molecule has 0 radical (unpaired) electrons. The van der Waals surface area contributed by atoms with Crippen molar-refractivity contribution >= 4 is 17.4 Å². The summed E-state index contributed by atoms with van der Waals surface area (Å²) in [5.74, 6) is 0.865. The summed E-state index contributed by atoms with van der Waals surface area (Å²) in [6.45, 7) is 4.85. The molecule has 0 aliphatic heterocycles. The first-order valence-electron chi connectivity index (χ1n) is 4.90. The molecule has 0 bridgehead atoms. The van der Waals surface area contributed by atoms with Crippen LogP contribution in [0.5, 0.6) is 0 Å². The molecule has 0 aliphatic carbocycles. The first kappa shape index (κ1) is 11.8. The van der Waals surface area contributed by atoms with Crippen LogP contribution in [0.25, 0.3) is 0 Å². The molecule has 1 aromatic heterocycles. The van der Waals surface area contributed by atoms with Crippen molar-refractivity contribution in [2.75, 3.05) is 11.4 Å². The summed E-state index contributed by atoms with van der Waals surface area (Å²) in [5.41, 5.74) is 0. The van der Waals surface area contributed by atoms with Crippen LogP contribution in [0.15, 0.2) is 18.3 Å². The molecule has 0 saturated heterocycles. The third-order valence-corrected chi connectivity index (χ3v) is 2.32. The van der Waals surface area contributed by atoms with E-state index in [1.165, 1.54) is 0 Å². The Morgan fingerprint density at radius 3 is 2.73 bits per heavy atom. The average molecular weight is 224 g/mol. The maximum atomic E-state index is 8.57. The number of hydrogen-bond acceptors (Lipinski definition) is 3. The van der Waals surface area contributed by atoms with Crippen molar-refractivity contribution in [1.29, 1.82) is 5.26 Å². The quantitative estimate of drug-likeness (QED) is 0.788. The van der Waals surface area contributed by atoms with Gasteiger partial charge in [-0.25, -0.2) is 4.98 Å². The van der Waals surface area contributed by atoms with Gasteiger partial charge < -0.3 is 4.90 Å². The molecule has 80 valence electrons. The second-order valence-corrected chi connectivity index (χ2v) is 3.97. The minimum atomic E-state index is 0.326. The lowest BCUT2D eigenvalue weighted by Crippen LogP contribution is -2.32. The third-order valence-electron chi connectivity index (χ3n) is 2.09. The summed E-state index contributed by atoms with van der Waals surface area (Å²) in [6, 6.07) is 6.15. The maximum Gasteiger partial charge on any atom is 0.128 e. The van der Waals surface area contributed by atoms with Crippen molar-refractivity contribution in [2.45, 2.75) is 26.3 Å². The molecule has 0 aromatic carbocycles. The molecular weight excluding hydrogens is 210 g/mol. The first-order chi connectivity index (χ1) is 7.15. The summed E-state index contributed by atoms with van der Waals surface area (Å²) in [7, 11) is 0. The van der Waals surface area contributed by atoms with Crippen molar-refractivity contribution in [2.24, 2.45) is 0 Å². The van der Waals surface area contributed by atoms with Gasteiger partial charge in [-0.2, -0.15) is 5.26 Å². The number of hydrogen-bond donors (Lipinski definition) is 0. The standard InChI is InChI=1S/C11H14ClN3/c1-9(2)15(7-3-6-13)11-5-4-10(12)8-14-11/h4-5,8-9H,3,7H2,1-2H3. The Balaban J connectivity index is 2.80. The first-order valence-corrected chi connectivity index (χ1v) is 5.28.